The van der Waals surface area contributed by atoms with E-state index in [4.69, 9.17) is 14.4 Å². The number of imidazole rings is 1. The van der Waals surface area contributed by atoms with Gasteiger partial charge in [0.25, 0.3) is 0 Å². The number of anilines is 1. The van der Waals surface area contributed by atoms with E-state index in [1.165, 1.54) is 11.6 Å². The van der Waals surface area contributed by atoms with Crippen molar-refractivity contribution >= 4 is 5.82 Å². The number of aromatic nitrogens is 2. The summed E-state index contributed by atoms with van der Waals surface area (Å²) in [6.07, 6.45) is 6.81. The smallest absolute Gasteiger partial charge is 0.186 e. The van der Waals surface area contributed by atoms with E-state index in [0.717, 1.165) is 25.3 Å². The van der Waals surface area contributed by atoms with E-state index < -0.39 is 11.2 Å². The van der Waals surface area contributed by atoms with E-state index in [-0.39, 0.29) is 6.23 Å². The molecule has 0 aliphatic carbocycles. The van der Waals surface area contributed by atoms with Crippen LogP contribution in [0.2, 0.25) is 0 Å². The van der Waals surface area contributed by atoms with Crippen molar-refractivity contribution in [2.24, 2.45) is 0 Å². The standard InChI is InChI=1S/C14H23N3O3/c1-13(2)14(3,4)20-17(19-13)11-9-15-10-16(11)12-7-5-6-8-18-12/h9-10,12H,5-8H2,1-4H3. The van der Waals surface area contributed by atoms with Crippen LogP contribution in [-0.4, -0.2) is 27.4 Å². The van der Waals surface area contributed by atoms with Gasteiger partial charge in [0, 0.05) is 6.61 Å². The van der Waals surface area contributed by atoms with Crippen molar-refractivity contribution in [2.75, 3.05) is 11.8 Å². The van der Waals surface area contributed by atoms with Crippen LogP contribution in [0, 0.1) is 0 Å². The molecule has 0 N–H and O–H groups in total. The van der Waals surface area contributed by atoms with Crippen LogP contribution < -0.4 is 5.23 Å². The lowest BCUT2D eigenvalue weighted by molar-refractivity contribution is -0.0527. The zero-order valence-electron chi connectivity index (χ0n) is 12.6. The summed E-state index contributed by atoms with van der Waals surface area (Å²) >= 11 is 0. The highest BCUT2D eigenvalue weighted by atomic mass is 17.0. The molecule has 0 spiro atoms. The number of hydrogen-bond acceptors (Lipinski definition) is 5. The van der Waals surface area contributed by atoms with Crippen LogP contribution in [0.3, 0.4) is 0 Å². The van der Waals surface area contributed by atoms with Crippen LogP contribution in [0.15, 0.2) is 12.5 Å². The van der Waals surface area contributed by atoms with E-state index >= 15 is 0 Å². The molecule has 1 unspecified atom stereocenters. The fourth-order valence-corrected chi connectivity index (χ4v) is 2.35. The minimum absolute atomic E-state index is 0.0141. The molecular weight excluding hydrogens is 258 g/mol. The van der Waals surface area contributed by atoms with Crippen molar-refractivity contribution in [1.29, 1.82) is 0 Å². The summed E-state index contributed by atoms with van der Waals surface area (Å²) in [7, 11) is 0. The fourth-order valence-electron chi connectivity index (χ4n) is 2.35. The molecule has 1 aromatic rings. The first-order chi connectivity index (χ1) is 9.41. The molecule has 20 heavy (non-hydrogen) atoms. The molecular formula is C14H23N3O3. The largest absolute Gasteiger partial charge is 0.358 e. The predicted molar refractivity (Wildman–Crippen MR) is 73.9 cm³/mol. The van der Waals surface area contributed by atoms with Crippen LogP contribution in [-0.2, 0) is 14.4 Å². The van der Waals surface area contributed by atoms with Gasteiger partial charge in [-0.3, -0.25) is 4.57 Å². The van der Waals surface area contributed by atoms with E-state index in [1.807, 2.05) is 32.3 Å². The molecule has 0 bridgehead atoms. The normalized spacial score (nSPS) is 28.8. The van der Waals surface area contributed by atoms with E-state index in [0.29, 0.717) is 0 Å². The van der Waals surface area contributed by atoms with Gasteiger partial charge in [-0.2, -0.15) is 0 Å². The lowest BCUT2D eigenvalue weighted by Crippen LogP contribution is -2.41. The molecule has 2 aliphatic heterocycles. The molecule has 0 aromatic carbocycles. The Bertz CT molecular complexity index is 462. The van der Waals surface area contributed by atoms with Crippen molar-refractivity contribution in [3.8, 4) is 0 Å². The average Bonchev–Trinajstić information content (AvgIpc) is 2.94. The minimum Gasteiger partial charge on any atom is -0.358 e. The Balaban J connectivity index is 1.84. The number of hydrogen-bond donors (Lipinski definition) is 0. The molecule has 3 rings (SSSR count). The molecule has 112 valence electrons. The van der Waals surface area contributed by atoms with Crippen molar-refractivity contribution in [1.82, 2.24) is 9.55 Å². The Labute approximate surface area is 119 Å². The quantitative estimate of drug-likeness (QED) is 0.834. The third kappa shape index (κ3) is 2.21. The predicted octanol–water partition coefficient (Wildman–Crippen LogP) is 2.82. The van der Waals surface area contributed by atoms with Gasteiger partial charge in [0.05, 0.1) is 12.5 Å². The summed E-state index contributed by atoms with van der Waals surface area (Å²) in [5.41, 5.74) is -0.814. The van der Waals surface area contributed by atoms with Crippen molar-refractivity contribution < 1.29 is 14.4 Å². The van der Waals surface area contributed by atoms with Crippen LogP contribution >= 0.6 is 0 Å². The second-order valence-electron chi connectivity index (χ2n) is 6.44. The summed E-state index contributed by atoms with van der Waals surface area (Å²) in [6.45, 7) is 8.87. The van der Waals surface area contributed by atoms with E-state index in [9.17, 15) is 0 Å². The average molecular weight is 281 g/mol. The molecule has 6 heteroatoms. The molecule has 0 saturated carbocycles. The van der Waals surface area contributed by atoms with Gasteiger partial charge in [-0.05, 0) is 47.0 Å². The maximum Gasteiger partial charge on any atom is 0.186 e. The highest BCUT2D eigenvalue weighted by Gasteiger charge is 2.50. The lowest BCUT2D eigenvalue weighted by Gasteiger charge is -2.27. The summed E-state index contributed by atoms with van der Waals surface area (Å²) in [5.74, 6) is 0.774. The summed E-state index contributed by atoms with van der Waals surface area (Å²) < 4.78 is 7.79. The second kappa shape index (κ2) is 4.72. The van der Waals surface area contributed by atoms with Gasteiger partial charge in [0.1, 0.15) is 17.4 Å². The third-order valence-electron chi connectivity index (χ3n) is 4.37. The third-order valence-corrected chi connectivity index (χ3v) is 4.37. The topological polar surface area (TPSA) is 48.8 Å². The van der Waals surface area contributed by atoms with Gasteiger partial charge in [0.15, 0.2) is 5.82 Å². The highest BCUT2D eigenvalue weighted by Crippen LogP contribution is 2.40. The molecule has 1 aromatic heterocycles. The molecule has 1 atom stereocenters. The Hall–Kier alpha value is -1.11. The summed E-state index contributed by atoms with van der Waals surface area (Å²) in [5, 5.41) is 1.48. The van der Waals surface area contributed by atoms with Gasteiger partial charge in [-0.15, -0.1) is 5.23 Å². The summed E-state index contributed by atoms with van der Waals surface area (Å²) in [4.78, 5) is 16.1. The Kier molecular flexibility index (Phi) is 3.27. The molecule has 3 heterocycles. The van der Waals surface area contributed by atoms with Crippen LogP contribution in [0.5, 0.6) is 0 Å². The maximum absolute atomic E-state index is 5.93. The van der Waals surface area contributed by atoms with Gasteiger partial charge in [-0.25, -0.2) is 14.7 Å². The van der Waals surface area contributed by atoms with Crippen molar-refractivity contribution in [3.05, 3.63) is 12.5 Å². The van der Waals surface area contributed by atoms with Crippen LogP contribution in [0.25, 0.3) is 0 Å². The number of ether oxygens (including phenoxy) is 1. The Morgan fingerprint density at radius 2 is 1.85 bits per heavy atom. The fraction of sp³-hybridized carbons (Fsp3) is 0.786. The first-order valence-electron chi connectivity index (χ1n) is 7.22. The molecule has 2 fully saturated rings. The van der Waals surface area contributed by atoms with Crippen molar-refractivity contribution in [2.45, 2.75) is 64.4 Å². The Morgan fingerprint density at radius 3 is 2.45 bits per heavy atom. The number of rotatable bonds is 2. The van der Waals surface area contributed by atoms with E-state index in [1.54, 1.807) is 12.5 Å². The van der Waals surface area contributed by atoms with Crippen LogP contribution in [0.1, 0.15) is 53.2 Å². The molecule has 2 saturated heterocycles. The maximum atomic E-state index is 5.93. The molecule has 0 radical (unpaired) electrons. The first-order valence-corrected chi connectivity index (χ1v) is 7.22. The minimum atomic E-state index is -0.407. The summed E-state index contributed by atoms with van der Waals surface area (Å²) in [6, 6.07) is 0. The first kappa shape index (κ1) is 13.9. The zero-order chi connectivity index (χ0) is 14.4. The second-order valence-corrected chi connectivity index (χ2v) is 6.44. The van der Waals surface area contributed by atoms with Gasteiger partial charge in [0.2, 0.25) is 0 Å². The zero-order valence-corrected chi connectivity index (χ0v) is 12.6. The van der Waals surface area contributed by atoms with Gasteiger partial charge < -0.3 is 4.74 Å². The van der Waals surface area contributed by atoms with Crippen molar-refractivity contribution in [3.63, 3.8) is 0 Å². The van der Waals surface area contributed by atoms with Gasteiger partial charge >= 0.3 is 0 Å². The molecule has 6 nitrogen and oxygen atoms in total. The highest BCUT2D eigenvalue weighted by molar-refractivity contribution is 5.33. The lowest BCUT2D eigenvalue weighted by atomic mass is 9.90. The number of nitrogens with zero attached hydrogens (tertiary/aromatic N) is 3. The van der Waals surface area contributed by atoms with Crippen LogP contribution in [0.4, 0.5) is 5.82 Å². The molecule has 0 amide bonds. The van der Waals surface area contributed by atoms with E-state index in [2.05, 4.69) is 4.98 Å². The van der Waals surface area contributed by atoms with Gasteiger partial charge in [-0.1, -0.05) is 0 Å². The SMILES string of the molecule is CC1(C)ON(c2cncn2C2CCCCO2)OC1(C)C. The monoisotopic (exact) mass is 281 g/mol. The Morgan fingerprint density at radius 1 is 1.15 bits per heavy atom. The molecule has 2 aliphatic rings.